The number of nitrogens with zero attached hydrogens (tertiary/aromatic N) is 2. The van der Waals surface area contributed by atoms with E-state index in [9.17, 15) is 14.9 Å². The van der Waals surface area contributed by atoms with Crippen molar-refractivity contribution in [2.75, 3.05) is 18.0 Å². The summed E-state index contributed by atoms with van der Waals surface area (Å²) < 4.78 is 0.428. The third kappa shape index (κ3) is 2.72. The van der Waals surface area contributed by atoms with Gasteiger partial charge in [0.05, 0.1) is 4.92 Å². The molecular weight excluding hydrogens is 337 g/mol. The SMILES string of the molecule is NCC1CC(=O)N(c2c(Br)cc(Cl)cc2[N+](=O)[O-])C1. The first-order valence-corrected chi connectivity index (χ1v) is 6.75. The van der Waals surface area contributed by atoms with Crippen LogP contribution in [0.3, 0.4) is 0 Å². The van der Waals surface area contributed by atoms with E-state index in [1.54, 1.807) is 0 Å². The van der Waals surface area contributed by atoms with Gasteiger partial charge in [0.25, 0.3) is 5.69 Å². The molecule has 1 fully saturated rings. The molecule has 0 radical (unpaired) electrons. The van der Waals surface area contributed by atoms with E-state index in [0.717, 1.165) is 0 Å². The minimum Gasteiger partial charge on any atom is -0.330 e. The van der Waals surface area contributed by atoms with E-state index >= 15 is 0 Å². The van der Waals surface area contributed by atoms with E-state index in [2.05, 4.69) is 15.9 Å². The monoisotopic (exact) mass is 347 g/mol. The van der Waals surface area contributed by atoms with Crippen LogP contribution in [0.5, 0.6) is 0 Å². The molecule has 1 aliphatic rings. The number of hydrogen-bond acceptors (Lipinski definition) is 4. The minimum absolute atomic E-state index is 0.0229. The average molecular weight is 349 g/mol. The van der Waals surface area contributed by atoms with Crippen molar-refractivity contribution in [1.82, 2.24) is 0 Å². The standard InChI is InChI=1S/C11H11BrClN3O3/c12-8-2-7(13)3-9(16(18)19)11(8)15-5-6(4-14)1-10(15)17/h2-3,6H,1,4-5,14H2. The van der Waals surface area contributed by atoms with Gasteiger partial charge in [-0.25, -0.2) is 0 Å². The zero-order chi connectivity index (χ0) is 14.2. The van der Waals surface area contributed by atoms with Crippen molar-refractivity contribution in [3.8, 4) is 0 Å². The van der Waals surface area contributed by atoms with E-state index in [1.807, 2.05) is 0 Å². The van der Waals surface area contributed by atoms with Crippen molar-refractivity contribution >= 4 is 44.8 Å². The summed E-state index contributed by atoms with van der Waals surface area (Å²) in [6, 6.07) is 2.78. The quantitative estimate of drug-likeness (QED) is 0.670. The van der Waals surface area contributed by atoms with Gasteiger partial charge in [0.2, 0.25) is 5.91 Å². The molecule has 19 heavy (non-hydrogen) atoms. The molecule has 1 aliphatic heterocycles. The molecule has 1 aromatic rings. The van der Waals surface area contributed by atoms with E-state index in [0.29, 0.717) is 24.0 Å². The number of amides is 1. The van der Waals surface area contributed by atoms with Crippen molar-refractivity contribution in [3.63, 3.8) is 0 Å². The van der Waals surface area contributed by atoms with Crippen LogP contribution in [0.25, 0.3) is 0 Å². The highest BCUT2D eigenvalue weighted by molar-refractivity contribution is 9.10. The molecule has 6 nitrogen and oxygen atoms in total. The first-order chi connectivity index (χ1) is 8.93. The van der Waals surface area contributed by atoms with Crippen molar-refractivity contribution in [2.24, 2.45) is 11.7 Å². The molecule has 0 aromatic heterocycles. The lowest BCUT2D eigenvalue weighted by atomic mass is 10.1. The molecule has 1 atom stereocenters. The Morgan fingerprint density at radius 2 is 2.26 bits per heavy atom. The van der Waals surface area contributed by atoms with E-state index < -0.39 is 4.92 Å². The van der Waals surface area contributed by atoms with Crippen LogP contribution in [-0.4, -0.2) is 23.9 Å². The highest BCUT2D eigenvalue weighted by atomic mass is 79.9. The summed E-state index contributed by atoms with van der Waals surface area (Å²) >= 11 is 9.04. The van der Waals surface area contributed by atoms with Crippen LogP contribution in [0.15, 0.2) is 16.6 Å². The van der Waals surface area contributed by atoms with Gasteiger partial charge >= 0.3 is 0 Å². The number of carbonyl (C=O) groups is 1. The lowest BCUT2D eigenvalue weighted by molar-refractivity contribution is -0.384. The second-order valence-corrected chi connectivity index (χ2v) is 5.61. The molecule has 102 valence electrons. The normalized spacial score (nSPS) is 19.0. The van der Waals surface area contributed by atoms with E-state index in [4.69, 9.17) is 17.3 Å². The van der Waals surface area contributed by atoms with Crippen molar-refractivity contribution < 1.29 is 9.72 Å². The van der Waals surface area contributed by atoms with Gasteiger partial charge in [0, 0.05) is 28.5 Å². The van der Waals surface area contributed by atoms with Crippen LogP contribution in [0.4, 0.5) is 11.4 Å². The number of nitro groups is 1. The maximum atomic E-state index is 11.9. The number of nitrogens with two attached hydrogens (primary N) is 1. The van der Waals surface area contributed by atoms with Crippen LogP contribution >= 0.6 is 27.5 Å². The second-order valence-electron chi connectivity index (χ2n) is 4.32. The highest BCUT2D eigenvalue weighted by Crippen LogP contribution is 2.40. The van der Waals surface area contributed by atoms with Crippen LogP contribution in [0.2, 0.25) is 5.02 Å². The smallest absolute Gasteiger partial charge is 0.295 e. The molecule has 0 bridgehead atoms. The van der Waals surface area contributed by atoms with Crippen LogP contribution in [0.1, 0.15) is 6.42 Å². The molecule has 2 rings (SSSR count). The largest absolute Gasteiger partial charge is 0.330 e. The zero-order valence-corrected chi connectivity index (χ0v) is 12.1. The Balaban J connectivity index is 2.50. The summed E-state index contributed by atoms with van der Waals surface area (Å²) in [5, 5.41) is 11.3. The third-order valence-corrected chi connectivity index (χ3v) is 3.84. The summed E-state index contributed by atoms with van der Waals surface area (Å²) in [5.41, 5.74) is 5.61. The van der Waals surface area contributed by atoms with Gasteiger partial charge in [-0.1, -0.05) is 11.6 Å². The number of carbonyl (C=O) groups excluding carboxylic acids is 1. The van der Waals surface area contributed by atoms with Crippen molar-refractivity contribution in [1.29, 1.82) is 0 Å². The lowest BCUT2D eigenvalue weighted by Gasteiger charge is -2.18. The van der Waals surface area contributed by atoms with Gasteiger partial charge in [-0.15, -0.1) is 0 Å². The summed E-state index contributed by atoms with van der Waals surface area (Å²) in [5.74, 6) is -0.142. The van der Waals surface area contributed by atoms with Crippen LogP contribution < -0.4 is 10.6 Å². The minimum atomic E-state index is -0.547. The van der Waals surface area contributed by atoms with Crippen LogP contribution in [0, 0.1) is 16.0 Å². The molecule has 1 heterocycles. The van der Waals surface area contributed by atoms with Gasteiger partial charge in [-0.05, 0) is 34.5 Å². The molecule has 0 aliphatic carbocycles. The molecule has 1 amide bonds. The lowest BCUT2D eigenvalue weighted by Crippen LogP contribution is -2.26. The number of nitro benzene ring substituents is 1. The molecule has 0 saturated carbocycles. The van der Waals surface area contributed by atoms with Gasteiger partial charge in [0.15, 0.2) is 0 Å². The Bertz CT molecular complexity index is 552. The highest BCUT2D eigenvalue weighted by Gasteiger charge is 2.35. The summed E-state index contributed by atoms with van der Waals surface area (Å²) in [7, 11) is 0. The summed E-state index contributed by atoms with van der Waals surface area (Å²) in [6.45, 7) is 0.762. The number of benzene rings is 1. The number of halogens is 2. The Kier molecular flexibility index (Phi) is 4.07. The number of rotatable bonds is 3. The Morgan fingerprint density at radius 3 is 2.79 bits per heavy atom. The Morgan fingerprint density at radius 1 is 1.58 bits per heavy atom. The van der Waals surface area contributed by atoms with Crippen molar-refractivity contribution in [2.45, 2.75) is 6.42 Å². The van der Waals surface area contributed by atoms with E-state index in [-0.39, 0.29) is 28.2 Å². The molecule has 0 spiro atoms. The molecule has 8 heteroatoms. The molecule has 1 aromatic carbocycles. The number of hydrogen-bond donors (Lipinski definition) is 1. The van der Waals surface area contributed by atoms with Gasteiger partial charge in [-0.3, -0.25) is 14.9 Å². The average Bonchev–Trinajstić information content (AvgIpc) is 2.69. The van der Waals surface area contributed by atoms with Gasteiger partial charge in [0.1, 0.15) is 5.69 Å². The molecular formula is C11H11BrClN3O3. The predicted octanol–water partition coefficient (Wildman–Crippen LogP) is 2.32. The fraction of sp³-hybridized carbons (Fsp3) is 0.364. The molecule has 1 unspecified atom stereocenters. The maximum absolute atomic E-state index is 11.9. The second kappa shape index (κ2) is 5.44. The molecule has 2 N–H and O–H groups in total. The first-order valence-electron chi connectivity index (χ1n) is 5.58. The Hall–Kier alpha value is -1.18. The van der Waals surface area contributed by atoms with Gasteiger partial charge < -0.3 is 10.6 Å². The predicted molar refractivity (Wildman–Crippen MR) is 75.3 cm³/mol. The van der Waals surface area contributed by atoms with Gasteiger partial charge in [-0.2, -0.15) is 0 Å². The van der Waals surface area contributed by atoms with Crippen LogP contribution in [-0.2, 0) is 4.79 Å². The third-order valence-electron chi connectivity index (χ3n) is 3.01. The van der Waals surface area contributed by atoms with Crippen molar-refractivity contribution in [3.05, 3.63) is 31.7 Å². The Labute approximate surface area is 122 Å². The molecule has 1 saturated heterocycles. The first kappa shape index (κ1) is 14.2. The summed E-state index contributed by atoms with van der Waals surface area (Å²) in [4.78, 5) is 23.9. The fourth-order valence-electron chi connectivity index (χ4n) is 2.11. The topological polar surface area (TPSA) is 89.5 Å². The summed E-state index contributed by atoms with van der Waals surface area (Å²) in [6.07, 6.45) is 0.308. The number of anilines is 1. The maximum Gasteiger partial charge on any atom is 0.295 e. The zero-order valence-electron chi connectivity index (χ0n) is 9.81. The fourth-order valence-corrected chi connectivity index (χ4v) is 3.12. The van der Waals surface area contributed by atoms with E-state index in [1.165, 1.54) is 17.0 Å².